The van der Waals surface area contributed by atoms with Gasteiger partial charge in [-0.1, -0.05) is 44.5 Å². The first-order chi connectivity index (χ1) is 9.04. The minimum absolute atomic E-state index is 0.469. The van der Waals surface area contributed by atoms with Crippen LogP contribution in [0.25, 0.3) is 0 Å². The summed E-state index contributed by atoms with van der Waals surface area (Å²) in [7, 11) is 1.76. The van der Waals surface area contributed by atoms with Crippen molar-refractivity contribution in [3.63, 3.8) is 0 Å². The van der Waals surface area contributed by atoms with Crippen LogP contribution in [0.3, 0.4) is 0 Å². The predicted octanol–water partition coefficient (Wildman–Crippen LogP) is 4.09. The number of methoxy groups -OCH3 is 1. The second-order valence-electron chi connectivity index (χ2n) is 5.48. The van der Waals surface area contributed by atoms with E-state index in [2.05, 4.69) is 38.2 Å². The fraction of sp³-hybridized carbons (Fsp3) is 0.625. The summed E-state index contributed by atoms with van der Waals surface area (Å²) in [4.78, 5) is 0. The molecule has 0 aliphatic rings. The highest BCUT2D eigenvalue weighted by atomic mass is 35.5. The second-order valence-corrected chi connectivity index (χ2v) is 5.92. The molecule has 3 heteroatoms. The minimum atomic E-state index is 0.469. The summed E-state index contributed by atoms with van der Waals surface area (Å²) in [5, 5.41) is 4.35. The van der Waals surface area contributed by atoms with Crippen molar-refractivity contribution >= 4 is 11.6 Å². The quantitative estimate of drug-likeness (QED) is 0.776. The highest BCUT2D eigenvalue weighted by Gasteiger charge is 2.19. The maximum Gasteiger partial charge on any atom is 0.0465 e. The van der Waals surface area contributed by atoms with Gasteiger partial charge >= 0.3 is 0 Å². The Morgan fingerprint density at radius 2 is 2.00 bits per heavy atom. The van der Waals surface area contributed by atoms with Gasteiger partial charge in [0.25, 0.3) is 0 Å². The first kappa shape index (κ1) is 16.5. The molecular weight excluding hydrogens is 258 g/mol. The lowest BCUT2D eigenvalue weighted by molar-refractivity contribution is 0.173. The van der Waals surface area contributed by atoms with Crippen molar-refractivity contribution in [2.45, 2.75) is 39.2 Å². The van der Waals surface area contributed by atoms with Crippen molar-refractivity contribution in [3.05, 3.63) is 34.9 Å². The predicted molar refractivity (Wildman–Crippen MR) is 83.0 cm³/mol. The molecule has 0 fully saturated rings. The Hall–Kier alpha value is -0.570. The average molecular weight is 284 g/mol. The topological polar surface area (TPSA) is 21.3 Å². The Kier molecular flexibility index (Phi) is 7.44. The number of rotatable bonds is 8. The van der Waals surface area contributed by atoms with Gasteiger partial charge in [0.05, 0.1) is 0 Å². The van der Waals surface area contributed by atoms with Crippen molar-refractivity contribution < 1.29 is 4.74 Å². The van der Waals surface area contributed by atoms with Gasteiger partial charge in [-0.2, -0.15) is 0 Å². The number of benzene rings is 1. The Bertz CT molecular complexity index is 368. The maximum atomic E-state index is 6.12. The molecule has 1 aromatic rings. The minimum Gasteiger partial charge on any atom is -0.385 e. The third kappa shape index (κ3) is 5.94. The molecule has 0 bridgehead atoms. The van der Waals surface area contributed by atoms with Gasteiger partial charge in [-0.25, -0.2) is 0 Å². The zero-order chi connectivity index (χ0) is 14.3. The Labute approximate surface area is 122 Å². The van der Waals surface area contributed by atoms with E-state index in [0.29, 0.717) is 17.9 Å². The molecule has 0 heterocycles. The molecule has 0 aliphatic carbocycles. The van der Waals surface area contributed by atoms with Crippen LogP contribution in [0, 0.1) is 5.92 Å². The average Bonchev–Trinajstić information content (AvgIpc) is 2.36. The molecule has 0 radical (unpaired) electrons. The standard InChI is InChI=1S/C16H26ClNO/c1-12(2)18-11-16(13(3)8-9-19-4)14-6-5-7-15(17)10-14/h5-7,10,12-13,16,18H,8-9,11H2,1-4H3. The van der Waals surface area contributed by atoms with E-state index in [0.717, 1.165) is 24.6 Å². The van der Waals surface area contributed by atoms with Gasteiger partial charge in [0.2, 0.25) is 0 Å². The molecule has 2 unspecified atom stereocenters. The molecule has 2 nitrogen and oxygen atoms in total. The van der Waals surface area contributed by atoms with E-state index in [1.807, 2.05) is 12.1 Å². The van der Waals surface area contributed by atoms with Crippen molar-refractivity contribution in [1.82, 2.24) is 5.32 Å². The highest BCUT2D eigenvalue weighted by Crippen LogP contribution is 2.28. The van der Waals surface area contributed by atoms with E-state index in [-0.39, 0.29) is 0 Å². The number of halogens is 1. The van der Waals surface area contributed by atoms with Crippen LogP contribution in [-0.2, 0) is 4.74 Å². The molecule has 0 spiro atoms. The van der Waals surface area contributed by atoms with Crippen LogP contribution in [0.4, 0.5) is 0 Å². The van der Waals surface area contributed by atoms with Gasteiger partial charge in [0.15, 0.2) is 0 Å². The van der Waals surface area contributed by atoms with Crippen LogP contribution in [0.2, 0.25) is 5.02 Å². The summed E-state index contributed by atoms with van der Waals surface area (Å²) >= 11 is 6.12. The molecular formula is C16H26ClNO. The van der Waals surface area contributed by atoms with Gasteiger partial charge < -0.3 is 10.1 Å². The lowest BCUT2D eigenvalue weighted by atomic mass is 9.85. The molecule has 0 aliphatic heterocycles. The summed E-state index contributed by atoms with van der Waals surface area (Å²) in [6.07, 6.45) is 1.06. The first-order valence-electron chi connectivity index (χ1n) is 7.02. The summed E-state index contributed by atoms with van der Waals surface area (Å²) in [6, 6.07) is 8.71. The lowest BCUT2D eigenvalue weighted by Crippen LogP contribution is -2.31. The van der Waals surface area contributed by atoms with Crippen LogP contribution in [0.5, 0.6) is 0 Å². The SMILES string of the molecule is COCCC(C)C(CNC(C)C)c1cccc(Cl)c1. The normalized spacial score (nSPS) is 14.6. The fourth-order valence-corrected chi connectivity index (χ4v) is 2.45. The first-order valence-corrected chi connectivity index (χ1v) is 7.40. The molecule has 19 heavy (non-hydrogen) atoms. The third-order valence-electron chi connectivity index (χ3n) is 3.49. The summed E-state index contributed by atoms with van der Waals surface area (Å²) in [6.45, 7) is 8.42. The number of hydrogen-bond acceptors (Lipinski definition) is 2. The molecule has 108 valence electrons. The van der Waals surface area contributed by atoms with E-state index in [1.165, 1.54) is 5.56 Å². The second kappa shape index (κ2) is 8.57. The zero-order valence-electron chi connectivity index (χ0n) is 12.4. The van der Waals surface area contributed by atoms with E-state index in [9.17, 15) is 0 Å². The van der Waals surface area contributed by atoms with Crippen molar-refractivity contribution in [3.8, 4) is 0 Å². The van der Waals surface area contributed by atoms with Gasteiger partial charge in [-0.05, 0) is 36.0 Å². The van der Waals surface area contributed by atoms with Crippen molar-refractivity contribution in [1.29, 1.82) is 0 Å². The molecule has 1 aromatic carbocycles. The largest absolute Gasteiger partial charge is 0.385 e. The van der Waals surface area contributed by atoms with Crippen LogP contribution < -0.4 is 5.32 Å². The summed E-state index contributed by atoms with van der Waals surface area (Å²) in [5.74, 6) is 1.03. The zero-order valence-corrected chi connectivity index (χ0v) is 13.2. The maximum absolute atomic E-state index is 6.12. The summed E-state index contributed by atoms with van der Waals surface area (Å²) < 4.78 is 5.20. The van der Waals surface area contributed by atoms with Crippen molar-refractivity contribution in [2.24, 2.45) is 5.92 Å². The van der Waals surface area contributed by atoms with E-state index in [1.54, 1.807) is 7.11 Å². The van der Waals surface area contributed by atoms with Gasteiger partial charge in [-0.3, -0.25) is 0 Å². The van der Waals surface area contributed by atoms with Crippen molar-refractivity contribution in [2.75, 3.05) is 20.3 Å². The Balaban J connectivity index is 2.78. The van der Waals surface area contributed by atoms with Crippen LogP contribution in [0.15, 0.2) is 24.3 Å². The molecule has 0 saturated heterocycles. The van der Waals surface area contributed by atoms with Crippen LogP contribution >= 0.6 is 11.6 Å². The summed E-state index contributed by atoms with van der Waals surface area (Å²) in [5.41, 5.74) is 1.31. The molecule has 1 N–H and O–H groups in total. The Morgan fingerprint density at radius 1 is 1.26 bits per heavy atom. The molecule has 0 saturated carbocycles. The highest BCUT2D eigenvalue weighted by molar-refractivity contribution is 6.30. The smallest absolute Gasteiger partial charge is 0.0465 e. The van der Waals surface area contributed by atoms with E-state index in [4.69, 9.17) is 16.3 Å². The lowest BCUT2D eigenvalue weighted by Gasteiger charge is -2.26. The number of hydrogen-bond donors (Lipinski definition) is 1. The number of nitrogens with one attached hydrogen (secondary N) is 1. The number of ether oxygens (including phenoxy) is 1. The monoisotopic (exact) mass is 283 g/mol. The Morgan fingerprint density at radius 3 is 2.58 bits per heavy atom. The molecule has 2 atom stereocenters. The molecule has 1 rings (SSSR count). The van der Waals surface area contributed by atoms with Gasteiger partial charge in [0, 0.05) is 31.3 Å². The van der Waals surface area contributed by atoms with E-state index < -0.39 is 0 Å². The van der Waals surface area contributed by atoms with E-state index >= 15 is 0 Å². The fourth-order valence-electron chi connectivity index (χ4n) is 2.25. The van der Waals surface area contributed by atoms with Gasteiger partial charge in [-0.15, -0.1) is 0 Å². The molecule has 0 amide bonds. The third-order valence-corrected chi connectivity index (χ3v) is 3.72. The van der Waals surface area contributed by atoms with Crippen LogP contribution in [-0.4, -0.2) is 26.3 Å². The van der Waals surface area contributed by atoms with Gasteiger partial charge in [0.1, 0.15) is 0 Å². The van der Waals surface area contributed by atoms with Crippen LogP contribution in [0.1, 0.15) is 38.7 Å². The molecule has 0 aromatic heterocycles.